The standard InChI is InChI=1S/C18H18N4O2S/c1-12(19-17(23)10-14-8-5-9-25-14)18(24)20-16-11-15(21-22-16)13-6-3-2-4-7-13/h2-9,11-12H,10H2,1H3,(H,19,23)(H2,20,21,22,24). The predicted molar refractivity (Wildman–Crippen MR) is 98.3 cm³/mol. The van der Waals surface area contributed by atoms with E-state index in [4.69, 9.17) is 0 Å². The topological polar surface area (TPSA) is 86.9 Å². The lowest BCUT2D eigenvalue weighted by Crippen LogP contribution is -2.42. The highest BCUT2D eigenvalue weighted by Gasteiger charge is 2.17. The van der Waals surface area contributed by atoms with Crippen LogP contribution in [0.1, 0.15) is 11.8 Å². The smallest absolute Gasteiger partial charge is 0.247 e. The summed E-state index contributed by atoms with van der Waals surface area (Å²) in [6.07, 6.45) is 0.274. The molecule has 0 spiro atoms. The Hall–Kier alpha value is -2.93. The van der Waals surface area contributed by atoms with Crippen LogP contribution in [0.3, 0.4) is 0 Å². The molecule has 3 N–H and O–H groups in total. The zero-order valence-corrected chi connectivity index (χ0v) is 14.5. The third kappa shape index (κ3) is 4.54. The van der Waals surface area contributed by atoms with Gasteiger partial charge in [-0.05, 0) is 23.9 Å². The van der Waals surface area contributed by atoms with E-state index in [0.29, 0.717) is 5.82 Å². The van der Waals surface area contributed by atoms with Crippen molar-refractivity contribution < 1.29 is 9.59 Å². The van der Waals surface area contributed by atoms with Gasteiger partial charge in [0.15, 0.2) is 5.82 Å². The molecule has 0 aliphatic rings. The number of nitrogens with zero attached hydrogens (tertiary/aromatic N) is 1. The summed E-state index contributed by atoms with van der Waals surface area (Å²) in [5.74, 6) is -0.0778. The molecule has 3 aromatic rings. The number of aromatic amines is 1. The van der Waals surface area contributed by atoms with Crippen molar-refractivity contribution in [1.82, 2.24) is 15.5 Å². The zero-order valence-electron chi connectivity index (χ0n) is 13.7. The Morgan fingerprint density at radius 1 is 1.20 bits per heavy atom. The van der Waals surface area contributed by atoms with Crippen molar-refractivity contribution >= 4 is 29.0 Å². The van der Waals surface area contributed by atoms with Crippen molar-refractivity contribution in [2.45, 2.75) is 19.4 Å². The Bertz CT molecular complexity index is 843. The molecule has 3 rings (SSSR count). The maximum atomic E-state index is 12.2. The van der Waals surface area contributed by atoms with Crippen molar-refractivity contribution in [2.75, 3.05) is 5.32 Å². The molecule has 0 aliphatic carbocycles. The molecule has 1 unspecified atom stereocenters. The summed E-state index contributed by atoms with van der Waals surface area (Å²) in [5.41, 5.74) is 1.79. The average molecular weight is 354 g/mol. The molecule has 128 valence electrons. The molecule has 2 aromatic heterocycles. The van der Waals surface area contributed by atoms with Gasteiger partial charge in [-0.25, -0.2) is 0 Å². The van der Waals surface area contributed by atoms with Crippen molar-refractivity contribution in [3.8, 4) is 11.3 Å². The van der Waals surface area contributed by atoms with Crippen LogP contribution in [-0.4, -0.2) is 28.1 Å². The van der Waals surface area contributed by atoms with E-state index < -0.39 is 6.04 Å². The second kappa shape index (κ2) is 7.76. The molecule has 6 nitrogen and oxygen atoms in total. The number of thiophene rings is 1. The first-order valence-corrected chi connectivity index (χ1v) is 8.73. The number of amides is 2. The van der Waals surface area contributed by atoms with Gasteiger partial charge in [0.05, 0.1) is 12.1 Å². The van der Waals surface area contributed by atoms with Crippen molar-refractivity contribution in [3.63, 3.8) is 0 Å². The highest BCUT2D eigenvalue weighted by molar-refractivity contribution is 7.10. The monoisotopic (exact) mass is 354 g/mol. The lowest BCUT2D eigenvalue weighted by Gasteiger charge is -2.12. The number of carbonyl (C=O) groups is 2. The van der Waals surface area contributed by atoms with E-state index in [9.17, 15) is 9.59 Å². The number of carbonyl (C=O) groups excluding carboxylic acids is 2. The Labute approximate surface area is 149 Å². The largest absolute Gasteiger partial charge is 0.344 e. The molecule has 25 heavy (non-hydrogen) atoms. The molecule has 0 bridgehead atoms. The lowest BCUT2D eigenvalue weighted by molar-refractivity contribution is -0.125. The molecular formula is C18H18N4O2S. The molecule has 0 radical (unpaired) electrons. The molecule has 0 aliphatic heterocycles. The molecule has 0 fully saturated rings. The first-order valence-electron chi connectivity index (χ1n) is 7.85. The van der Waals surface area contributed by atoms with E-state index in [1.165, 1.54) is 11.3 Å². The van der Waals surface area contributed by atoms with Crippen LogP contribution >= 0.6 is 11.3 Å². The van der Waals surface area contributed by atoms with E-state index >= 15 is 0 Å². The molecule has 7 heteroatoms. The maximum absolute atomic E-state index is 12.2. The van der Waals surface area contributed by atoms with Crippen LogP contribution < -0.4 is 10.6 Å². The summed E-state index contributed by atoms with van der Waals surface area (Å²) >= 11 is 1.51. The van der Waals surface area contributed by atoms with E-state index in [-0.39, 0.29) is 18.2 Å². The minimum atomic E-state index is -0.649. The van der Waals surface area contributed by atoms with Gasteiger partial charge in [-0.15, -0.1) is 11.3 Å². The minimum Gasteiger partial charge on any atom is -0.344 e. The second-order valence-corrected chi connectivity index (χ2v) is 6.60. The first kappa shape index (κ1) is 16.9. The summed E-state index contributed by atoms with van der Waals surface area (Å²) in [6.45, 7) is 1.65. The number of H-pyrrole nitrogens is 1. The predicted octanol–water partition coefficient (Wildman–Crippen LogP) is 2.82. The fourth-order valence-corrected chi connectivity index (χ4v) is 3.02. The van der Waals surface area contributed by atoms with Crippen LogP contribution in [0, 0.1) is 0 Å². The zero-order chi connectivity index (χ0) is 17.6. The Kier molecular flexibility index (Phi) is 5.25. The highest BCUT2D eigenvalue weighted by atomic mass is 32.1. The van der Waals surface area contributed by atoms with Crippen molar-refractivity contribution in [3.05, 3.63) is 58.8 Å². The van der Waals surface area contributed by atoms with Crippen LogP contribution in [0.15, 0.2) is 53.9 Å². The number of hydrogen-bond donors (Lipinski definition) is 3. The van der Waals surface area contributed by atoms with Crippen LogP contribution in [0.2, 0.25) is 0 Å². The normalized spacial score (nSPS) is 11.7. The minimum absolute atomic E-state index is 0.183. The van der Waals surface area contributed by atoms with Crippen molar-refractivity contribution in [1.29, 1.82) is 0 Å². The quantitative estimate of drug-likeness (QED) is 0.636. The van der Waals surface area contributed by atoms with E-state index in [2.05, 4.69) is 20.8 Å². The SMILES string of the molecule is CC(NC(=O)Cc1cccs1)C(=O)Nc1cc(-c2ccccc2)[nH]n1. The van der Waals surface area contributed by atoms with Crippen LogP contribution in [-0.2, 0) is 16.0 Å². The molecular weight excluding hydrogens is 336 g/mol. The Morgan fingerprint density at radius 3 is 2.72 bits per heavy atom. The van der Waals surface area contributed by atoms with Gasteiger partial charge in [0.1, 0.15) is 6.04 Å². The maximum Gasteiger partial charge on any atom is 0.247 e. The number of benzene rings is 1. The van der Waals surface area contributed by atoms with Crippen LogP contribution in [0.4, 0.5) is 5.82 Å². The summed E-state index contributed by atoms with van der Waals surface area (Å²) in [5, 5.41) is 14.3. The van der Waals surface area contributed by atoms with Crippen LogP contribution in [0.25, 0.3) is 11.3 Å². The molecule has 2 heterocycles. The molecule has 0 saturated carbocycles. The summed E-state index contributed by atoms with van der Waals surface area (Å²) in [7, 11) is 0. The average Bonchev–Trinajstić information content (AvgIpc) is 3.27. The Morgan fingerprint density at radius 2 is 2.00 bits per heavy atom. The van der Waals surface area contributed by atoms with Gasteiger partial charge < -0.3 is 10.6 Å². The molecule has 1 atom stereocenters. The van der Waals surface area contributed by atoms with E-state index in [1.54, 1.807) is 13.0 Å². The van der Waals surface area contributed by atoms with Gasteiger partial charge in [0.25, 0.3) is 0 Å². The summed E-state index contributed by atoms with van der Waals surface area (Å²) in [6, 6.07) is 14.6. The number of rotatable bonds is 6. The van der Waals surface area contributed by atoms with Gasteiger partial charge in [0.2, 0.25) is 11.8 Å². The number of aromatic nitrogens is 2. The third-order valence-electron chi connectivity index (χ3n) is 3.60. The van der Waals surface area contributed by atoms with Crippen LogP contribution in [0.5, 0.6) is 0 Å². The van der Waals surface area contributed by atoms with E-state index in [0.717, 1.165) is 16.1 Å². The lowest BCUT2D eigenvalue weighted by atomic mass is 10.1. The fourth-order valence-electron chi connectivity index (χ4n) is 2.32. The van der Waals surface area contributed by atoms with E-state index in [1.807, 2.05) is 47.8 Å². The number of nitrogens with one attached hydrogen (secondary N) is 3. The second-order valence-electron chi connectivity index (χ2n) is 5.57. The number of hydrogen-bond acceptors (Lipinski definition) is 4. The molecule has 1 aromatic carbocycles. The summed E-state index contributed by atoms with van der Waals surface area (Å²) < 4.78 is 0. The van der Waals surface area contributed by atoms with Gasteiger partial charge in [0, 0.05) is 10.9 Å². The molecule has 0 saturated heterocycles. The Balaban J connectivity index is 1.55. The van der Waals surface area contributed by atoms with Gasteiger partial charge in [-0.3, -0.25) is 14.7 Å². The fraction of sp³-hybridized carbons (Fsp3) is 0.167. The molecule has 2 amide bonds. The number of anilines is 1. The highest BCUT2D eigenvalue weighted by Crippen LogP contribution is 2.19. The van der Waals surface area contributed by atoms with Gasteiger partial charge >= 0.3 is 0 Å². The van der Waals surface area contributed by atoms with Gasteiger partial charge in [-0.2, -0.15) is 5.10 Å². The first-order chi connectivity index (χ1) is 12.1. The van der Waals surface area contributed by atoms with Crippen molar-refractivity contribution in [2.24, 2.45) is 0 Å². The summed E-state index contributed by atoms with van der Waals surface area (Å²) in [4.78, 5) is 25.1. The third-order valence-corrected chi connectivity index (χ3v) is 4.48. The van der Waals surface area contributed by atoms with Gasteiger partial charge in [-0.1, -0.05) is 36.4 Å².